The molecule has 18 heavy (non-hydrogen) atoms. The molecule has 0 aliphatic carbocycles. The van der Waals surface area contributed by atoms with E-state index in [2.05, 4.69) is 4.98 Å². The summed E-state index contributed by atoms with van der Waals surface area (Å²) in [7, 11) is 0. The smallest absolute Gasteiger partial charge is 0.311 e. The van der Waals surface area contributed by atoms with E-state index in [0.29, 0.717) is 35.9 Å². The van der Waals surface area contributed by atoms with Crippen LogP contribution in [-0.2, 0) is 4.79 Å². The number of carboxylic acids is 1. The molecule has 1 aliphatic rings. The Kier molecular flexibility index (Phi) is 3.14. The Morgan fingerprint density at radius 2 is 2.44 bits per heavy atom. The third-order valence-electron chi connectivity index (χ3n) is 3.24. The zero-order valence-electron chi connectivity index (χ0n) is 9.85. The molecule has 1 aromatic heterocycles. The highest BCUT2D eigenvalue weighted by Gasteiger charge is 2.41. The molecule has 5 nitrogen and oxygen atoms in total. The van der Waals surface area contributed by atoms with Crippen molar-refractivity contribution in [1.82, 2.24) is 4.98 Å². The Bertz CT molecular complexity index is 541. The largest absolute Gasteiger partial charge is 0.481 e. The molecule has 0 aromatic carbocycles. The van der Waals surface area contributed by atoms with Crippen LogP contribution >= 0.6 is 11.6 Å². The summed E-state index contributed by atoms with van der Waals surface area (Å²) in [5.74, 6) is -0.268. The number of rotatable bonds is 2. The van der Waals surface area contributed by atoms with Crippen molar-refractivity contribution in [2.24, 2.45) is 5.41 Å². The topological polar surface area (TPSA) is 77.2 Å². The van der Waals surface area contributed by atoms with E-state index in [4.69, 9.17) is 22.0 Å². The molecule has 0 amide bonds. The number of nitriles is 1. The number of nitrogens with zero attached hydrogens (tertiary/aromatic N) is 3. The van der Waals surface area contributed by atoms with Gasteiger partial charge in [-0.05, 0) is 19.4 Å². The van der Waals surface area contributed by atoms with E-state index in [0.717, 1.165) is 0 Å². The molecule has 1 aromatic rings. The molecule has 1 fully saturated rings. The number of pyridine rings is 1. The molecule has 0 radical (unpaired) electrons. The maximum atomic E-state index is 11.2. The van der Waals surface area contributed by atoms with Gasteiger partial charge in [0.15, 0.2) is 0 Å². The number of aliphatic carboxylic acids is 1. The average Bonchev–Trinajstić information content (AvgIpc) is 2.73. The average molecular weight is 266 g/mol. The summed E-state index contributed by atoms with van der Waals surface area (Å²) in [6.45, 7) is 2.69. The van der Waals surface area contributed by atoms with Gasteiger partial charge in [0.05, 0.1) is 16.0 Å². The van der Waals surface area contributed by atoms with Gasteiger partial charge < -0.3 is 10.0 Å². The zero-order chi connectivity index (χ0) is 13.3. The molecule has 2 rings (SSSR count). The van der Waals surface area contributed by atoms with Crippen LogP contribution in [0.25, 0.3) is 0 Å². The zero-order valence-corrected chi connectivity index (χ0v) is 10.6. The fourth-order valence-electron chi connectivity index (χ4n) is 2.04. The Morgan fingerprint density at radius 3 is 2.94 bits per heavy atom. The Labute approximate surface area is 110 Å². The van der Waals surface area contributed by atoms with E-state index in [-0.39, 0.29) is 0 Å². The molecule has 1 saturated heterocycles. The van der Waals surface area contributed by atoms with Crippen LogP contribution in [0.3, 0.4) is 0 Å². The van der Waals surface area contributed by atoms with Crippen molar-refractivity contribution >= 4 is 23.4 Å². The SMILES string of the molecule is CC1(C(=O)O)CCN(c2ncc(C#N)cc2Cl)C1. The van der Waals surface area contributed by atoms with Crippen LogP contribution in [0.1, 0.15) is 18.9 Å². The van der Waals surface area contributed by atoms with E-state index in [9.17, 15) is 4.79 Å². The van der Waals surface area contributed by atoms with E-state index < -0.39 is 11.4 Å². The Morgan fingerprint density at radius 1 is 1.72 bits per heavy atom. The van der Waals surface area contributed by atoms with Crippen LogP contribution in [0.2, 0.25) is 5.02 Å². The molecule has 2 heterocycles. The van der Waals surface area contributed by atoms with E-state index in [1.165, 1.54) is 6.20 Å². The van der Waals surface area contributed by atoms with Crippen LogP contribution in [0.4, 0.5) is 5.82 Å². The summed E-state index contributed by atoms with van der Waals surface area (Å²) < 4.78 is 0. The monoisotopic (exact) mass is 265 g/mol. The van der Waals surface area contributed by atoms with Gasteiger partial charge >= 0.3 is 5.97 Å². The highest BCUT2D eigenvalue weighted by Crippen LogP contribution is 2.35. The van der Waals surface area contributed by atoms with Gasteiger partial charge in [0.2, 0.25) is 0 Å². The number of halogens is 1. The predicted octanol–water partition coefficient (Wildman–Crippen LogP) is 1.91. The number of carboxylic acid groups (broad SMARTS) is 1. The summed E-state index contributed by atoms with van der Waals surface area (Å²) in [6.07, 6.45) is 2.00. The number of hydrogen-bond acceptors (Lipinski definition) is 4. The Balaban J connectivity index is 2.25. The normalized spacial score (nSPS) is 22.8. The molecule has 0 spiro atoms. The lowest BCUT2D eigenvalue weighted by molar-refractivity contribution is -0.146. The van der Waals surface area contributed by atoms with Gasteiger partial charge in [0.1, 0.15) is 11.9 Å². The quantitative estimate of drug-likeness (QED) is 0.884. The van der Waals surface area contributed by atoms with Gasteiger partial charge in [-0.2, -0.15) is 5.26 Å². The first-order valence-corrected chi connectivity index (χ1v) is 5.88. The first-order chi connectivity index (χ1) is 8.46. The Hall–Kier alpha value is -1.80. The summed E-state index contributed by atoms with van der Waals surface area (Å²) in [6, 6.07) is 3.50. The lowest BCUT2D eigenvalue weighted by Crippen LogP contribution is -2.32. The molecule has 0 bridgehead atoms. The minimum Gasteiger partial charge on any atom is -0.481 e. The van der Waals surface area contributed by atoms with Crippen LogP contribution in [0.5, 0.6) is 0 Å². The van der Waals surface area contributed by atoms with Crippen molar-refractivity contribution in [3.63, 3.8) is 0 Å². The summed E-state index contributed by atoms with van der Waals surface area (Å²) in [4.78, 5) is 17.1. The highest BCUT2D eigenvalue weighted by atomic mass is 35.5. The minimum absolute atomic E-state index is 0.376. The predicted molar refractivity (Wildman–Crippen MR) is 66.5 cm³/mol. The standard InChI is InChI=1S/C12H12ClN3O2/c1-12(11(17)18)2-3-16(7-12)10-9(13)4-8(5-14)6-15-10/h4,6H,2-3,7H2,1H3,(H,17,18). The van der Waals surface area contributed by atoms with Gasteiger partial charge in [0, 0.05) is 19.3 Å². The van der Waals surface area contributed by atoms with Gasteiger partial charge in [-0.3, -0.25) is 4.79 Å². The molecule has 1 atom stereocenters. The van der Waals surface area contributed by atoms with E-state index in [1.807, 2.05) is 11.0 Å². The molecule has 6 heteroatoms. The number of hydrogen-bond donors (Lipinski definition) is 1. The van der Waals surface area contributed by atoms with Gasteiger partial charge in [-0.15, -0.1) is 0 Å². The number of anilines is 1. The van der Waals surface area contributed by atoms with Crippen molar-refractivity contribution in [2.45, 2.75) is 13.3 Å². The third kappa shape index (κ3) is 2.12. The summed E-state index contributed by atoms with van der Waals surface area (Å²) >= 11 is 6.06. The van der Waals surface area contributed by atoms with Gasteiger partial charge in [0.25, 0.3) is 0 Å². The molecule has 1 aliphatic heterocycles. The van der Waals surface area contributed by atoms with Gasteiger partial charge in [-0.25, -0.2) is 4.98 Å². The van der Waals surface area contributed by atoms with Crippen LogP contribution in [-0.4, -0.2) is 29.1 Å². The van der Waals surface area contributed by atoms with Gasteiger partial charge in [-0.1, -0.05) is 11.6 Å². The summed E-state index contributed by atoms with van der Waals surface area (Å²) in [5, 5.41) is 18.3. The minimum atomic E-state index is -0.810. The lowest BCUT2D eigenvalue weighted by atomic mass is 9.90. The lowest BCUT2D eigenvalue weighted by Gasteiger charge is -2.21. The second-order valence-electron chi connectivity index (χ2n) is 4.68. The molecular formula is C12H12ClN3O2. The maximum absolute atomic E-state index is 11.2. The third-order valence-corrected chi connectivity index (χ3v) is 3.52. The van der Waals surface area contributed by atoms with Crippen molar-refractivity contribution < 1.29 is 9.90 Å². The van der Waals surface area contributed by atoms with Crippen molar-refractivity contribution in [3.8, 4) is 6.07 Å². The number of carbonyl (C=O) groups is 1. The molecule has 1 N–H and O–H groups in total. The summed E-state index contributed by atoms with van der Waals surface area (Å²) in [5.41, 5.74) is -0.372. The van der Waals surface area contributed by atoms with Crippen molar-refractivity contribution in [2.75, 3.05) is 18.0 Å². The maximum Gasteiger partial charge on any atom is 0.311 e. The highest BCUT2D eigenvalue weighted by molar-refractivity contribution is 6.33. The van der Waals surface area contributed by atoms with E-state index in [1.54, 1.807) is 13.0 Å². The molecule has 1 unspecified atom stereocenters. The van der Waals surface area contributed by atoms with Crippen molar-refractivity contribution in [1.29, 1.82) is 5.26 Å². The fourth-order valence-corrected chi connectivity index (χ4v) is 2.33. The van der Waals surface area contributed by atoms with E-state index >= 15 is 0 Å². The molecule has 94 valence electrons. The van der Waals surface area contributed by atoms with Crippen LogP contribution in [0.15, 0.2) is 12.3 Å². The van der Waals surface area contributed by atoms with Crippen LogP contribution < -0.4 is 4.90 Å². The second kappa shape index (κ2) is 4.46. The second-order valence-corrected chi connectivity index (χ2v) is 5.09. The van der Waals surface area contributed by atoms with Crippen molar-refractivity contribution in [3.05, 3.63) is 22.8 Å². The van der Waals surface area contributed by atoms with Crippen LogP contribution in [0, 0.1) is 16.7 Å². The number of aromatic nitrogens is 1. The molecular weight excluding hydrogens is 254 g/mol. The first-order valence-electron chi connectivity index (χ1n) is 5.50. The molecule has 0 saturated carbocycles. The fraction of sp³-hybridized carbons (Fsp3) is 0.417. The first kappa shape index (κ1) is 12.7.